The Morgan fingerprint density at radius 3 is 2.80 bits per heavy atom. The van der Waals surface area contributed by atoms with Gasteiger partial charge in [0, 0.05) is 18.0 Å². The summed E-state index contributed by atoms with van der Waals surface area (Å²) in [6.45, 7) is -0.523. The van der Waals surface area contributed by atoms with Crippen molar-refractivity contribution >= 4 is 6.09 Å². The number of ether oxygens (including phenoxy) is 2. The molecule has 25 heavy (non-hydrogen) atoms. The summed E-state index contributed by atoms with van der Waals surface area (Å²) in [5.41, 5.74) is 1.81. The first-order chi connectivity index (χ1) is 11.9. The molecule has 1 aliphatic rings. The van der Waals surface area contributed by atoms with Crippen LogP contribution in [0.15, 0.2) is 36.7 Å². The van der Waals surface area contributed by atoms with Crippen LogP contribution in [-0.2, 0) is 11.3 Å². The monoisotopic (exact) mass is 352 g/mol. The van der Waals surface area contributed by atoms with E-state index in [1.165, 1.54) is 18.3 Å². The van der Waals surface area contributed by atoms with E-state index >= 15 is 0 Å². The number of halogens is 3. The van der Waals surface area contributed by atoms with Crippen LogP contribution in [0.4, 0.5) is 18.0 Å². The number of hydrogen-bond acceptors (Lipinski definition) is 4. The first kappa shape index (κ1) is 17.1. The lowest BCUT2D eigenvalue weighted by Gasteiger charge is -2.13. The number of hydrogen-bond donors (Lipinski definition) is 0. The molecule has 0 unspecified atom stereocenters. The quantitative estimate of drug-likeness (QED) is 0.821. The Morgan fingerprint density at radius 2 is 2.12 bits per heavy atom. The predicted molar refractivity (Wildman–Crippen MR) is 82.6 cm³/mol. The summed E-state index contributed by atoms with van der Waals surface area (Å²) in [6.07, 6.45) is 2.55. The summed E-state index contributed by atoms with van der Waals surface area (Å²) < 4.78 is 47.5. The van der Waals surface area contributed by atoms with E-state index < -0.39 is 24.3 Å². The van der Waals surface area contributed by atoms with Crippen molar-refractivity contribution in [2.45, 2.75) is 26.2 Å². The Labute approximate surface area is 142 Å². The molecule has 2 heterocycles. The Morgan fingerprint density at radius 1 is 1.32 bits per heavy atom. The molecule has 1 fully saturated rings. The summed E-state index contributed by atoms with van der Waals surface area (Å²) in [5, 5.41) is 0. The van der Waals surface area contributed by atoms with Crippen LogP contribution in [0.5, 0.6) is 5.75 Å². The van der Waals surface area contributed by atoms with Gasteiger partial charge in [-0.05, 0) is 36.2 Å². The fraction of sp³-hybridized carbons (Fsp3) is 0.294. The number of alkyl halides is 2. The molecule has 0 spiro atoms. The minimum absolute atomic E-state index is 0.171. The maximum atomic E-state index is 13.5. The average molecular weight is 352 g/mol. The van der Waals surface area contributed by atoms with Crippen LogP contribution in [0.2, 0.25) is 0 Å². The van der Waals surface area contributed by atoms with E-state index in [0.717, 1.165) is 11.6 Å². The molecular formula is C17H15F3N2O3. The van der Waals surface area contributed by atoms with Gasteiger partial charge in [0.05, 0.1) is 13.1 Å². The molecule has 1 aromatic heterocycles. The first-order valence-electron chi connectivity index (χ1n) is 7.56. The second-order valence-corrected chi connectivity index (χ2v) is 5.68. The third-order valence-corrected chi connectivity index (χ3v) is 3.69. The summed E-state index contributed by atoms with van der Waals surface area (Å²) >= 11 is 0. The van der Waals surface area contributed by atoms with Gasteiger partial charge in [-0.2, -0.15) is 8.78 Å². The van der Waals surface area contributed by atoms with Crippen molar-refractivity contribution in [3.8, 4) is 16.9 Å². The standard InChI is InChI=1S/C17H15F3N2O3/c1-10-8-22(17(23)24-10)9-11-4-13(7-21-6-11)12-2-3-14(18)15(5-12)25-16(19)20/h2-7,10,16H,8-9H2,1H3/t10-/m0/s1. The van der Waals surface area contributed by atoms with E-state index in [0.29, 0.717) is 24.2 Å². The normalized spacial score (nSPS) is 17.1. The predicted octanol–water partition coefficient (Wildman–Crippen LogP) is 3.83. The second-order valence-electron chi connectivity index (χ2n) is 5.68. The molecule has 132 valence electrons. The zero-order valence-corrected chi connectivity index (χ0v) is 13.3. The van der Waals surface area contributed by atoms with Gasteiger partial charge in [-0.15, -0.1) is 0 Å². The zero-order chi connectivity index (χ0) is 18.0. The molecule has 0 radical (unpaired) electrons. The number of aromatic nitrogens is 1. The highest BCUT2D eigenvalue weighted by Gasteiger charge is 2.28. The number of carbonyl (C=O) groups excluding carboxylic acids is 1. The molecule has 1 aliphatic heterocycles. The van der Waals surface area contributed by atoms with Gasteiger partial charge >= 0.3 is 12.7 Å². The topological polar surface area (TPSA) is 51.7 Å². The van der Waals surface area contributed by atoms with Crippen molar-refractivity contribution in [3.63, 3.8) is 0 Å². The largest absolute Gasteiger partial charge is 0.444 e. The number of rotatable bonds is 5. The Kier molecular flexibility index (Phi) is 4.78. The lowest BCUT2D eigenvalue weighted by Crippen LogP contribution is -2.24. The summed E-state index contributed by atoms with van der Waals surface area (Å²) in [4.78, 5) is 17.3. The molecule has 0 N–H and O–H groups in total. The smallest absolute Gasteiger partial charge is 0.410 e. The highest BCUT2D eigenvalue weighted by atomic mass is 19.3. The SMILES string of the molecule is C[C@H]1CN(Cc2cncc(-c3ccc(F)c(OC(F)F)c3)c2)C(=O)O1. The van der Waals surface area contributed by atoms with Crippen molar-refractivity contribution in [1.82, 2.24) is 9.88 Å². The average Bonchev–Trinajstić information content (AvgIpc) is 2.87. The summed E-state index contributed by atoms with van der Waals surface area (Å²) in [6, 6.07) is 5.44. The van der Waals surface area contributed by atoms with Crippen LogP contribution in [0.1, 0.15) is 12.5 Å². The number of pyridine rings is 1. The maximum Gasteiger partial charge on any atom is 0.410 e. The molecule has 3 rings (SSSR count). The van der Waals surface area contributed by atoms with Crippen molar-refractivity contribution in [3.05, 3.63) is 48.0 Å². The first-order valence-corrected chi connectivity index (χ1v) is 7.56. The molecule has 8 heteroatoms. The van der Waals surface area contributed by atoms with Crippen LogP contribution in [-0.4, -0.2) is 35.2 Å². The molecular weight excluding hydrogens is 337 g/mol. The Balaban J connectivity index is 1.83. The number of cyclic esters (lactones) is 1. The van der Waals surface area contributed by atoms with E-state index in [9.17, 15) is 18.0 Å². The van der Waals surface area contributed by atoms with E-state index in [4.69, 9.17) is 4.74 Å². The van der Waals surface area contributed by atoms with E-state index in [1.807, 2.05) is 0 Å². The molecule has 1 saturated heterocycles. The summed E-state index contributed by atoms with van der Waals surface area (Å²) in [7, 11) is 0. The molecule has 1 amide bonds. The van der Waals surface area contributed by atoms with Crippen LogP contribution in [0.25, 0.3) is 11.1 Å². The molecule has 0 saturated carbocycles. The minimum Gasteiger partial charge on any atom is -0.444 e. The number of benzene rings is 1. The van der Waals surface area contributed by atoms with Gasteiger partial charge in [-0.1, -0.05) is 6.07 Å². The fourth-order valence-electron chi connectivity index (χ4n) is 2.62. The van der Waals surface area contributed by atoms with Gasteiger partial charge in [-0.3, -0.25) is 4.98 Å². The van der Waals surface area contributed by atoms with E-state index in [-0.39, 0.29) is 6.10 Å². The molecule has 0 bridgehead atoms. The highest BCUT2D eigenvalue weighted by molar-refractivity contribution is 5.70. The summed E-state index contributed by atoms with van der Waals surface area (Å²) in [5.74, 6) is -1.41. The fourth-order valence-corrected chi connectivity index (χ4v) is 2.62. The highest BCUT2D eigenvalue weighted by Crippen LogP contribution is 2.28. The van der Waals surface area contributed by atoms with E-state index in [1.54, 1.807) is 24.1 Å². The lowest BCUT2D eigenvalue weighted by atomic mass is 10.1. The van der Waals surface area contributed by atoms with Crippen LogP contribution >= 0.6 is 0 Å². The minimum atomic E-state index is -3.11. The van der Waals surface area contributed by atoms with Crippen molar-refractivity contribution in [2.75, 3.05) is 6.54 Å². The van der Waals surface area contributed by atoms with Crippen LogP contribution < -0.4 is 4.74 Å². The molecule has 0 aliphatic carbocycles. The van der Waals surface area contributed by atoms with Gasteiger partial charge in [-0.25, -0.2) is 9.18 Å². The van der Waals surface area contributed by atoms with Crippen molar-refractivity contribution in [2.24, 2.45) is 0 Å². The number of amides is 1. The second kappa shape index (κ2) is 7.00. The maximum absolute atomic E-state index is 13.5. The van der Waals surface area contributed by atoms with Gasteiger partial charge in [0.15, 0.2) is 11.6 Å². The van der Waals surface area contributed by atoms with Gasteiger partial charge in [0.25, 0.3) is 0 Å². The Bertz CT molecular complexity index is 785. The number of nitrogens with zero attached hydrogens (tertiary/aromatic N) is 2. The van der Waals surface area contributed by atoms with Crippen LogP contribution in [0.3, 0.4) is 0 Å². The Hall–Kier alpha value is -2.77. The van der Waals surface area contributed by atoms with Gasteiger partial charge < -0.3 is 14.4 Å². The molecule has 1 atom stereocenters. The van der Waals surface area contributed by atoms with Gasteiger partial charge in [0.1, 0.15) is 6.10 Å². The van der Waals surface area contributed by atoms with Gasteiger partial charge in [0.2, 0.25) is 0 Å². The third kappa shape index (κ3) is 4.01. The van der Waals surface area contributed by atoms with Crippen LogP contribution in [0, 0.1) is 5.82 Å². The third-order valence-electron chi connectivity index (χ3n) is 3.69. The molecule has 1 aromatic carbocycles. The zero-order valence-electron chi connectivity index (χ0n) is 13.3. The number of carbonyl (C=O) groups is 1. The van der Waals surface area contributed by atoms with Crippen molar-refractivity contribution in [1.29, 1.82) is 0 Å². The molecule has 2 aromatic rings. The van der Waals surface area contributed by atoms with Crippen molar-refractivity contribution < 1.29 is 27.4 Å². The van der Waals surface area contributed by atoms with E-state index in [2.05, 4.69) is 9.72 Å². The lowest BCUT2D eigenvalue weighted by molar-refractivity contribution is -0.0521. The molecule has 5 nitrogen and oxygen atoms in total.